The van der Waals surface area contributed by atoms with Crippen molar-refractivity contribution in [3.8, 4) is 17.2 Å². The highest BCUT2D eigenvalue weighted by atomic mass is 32.1. The number of hydrogen-bond acceptors (Lipinski definition) is 9. The van der Waals surface area contributed by atoms with Crippen LogP contribution in [0, 0.1) is 0 Å². The van der Waals surface area contributed by atoms with Crippen LogP contribution >= 0.6 is 11.3 Å². The van der Waals surface area contributed by atoms with Gasteiger partial charge in [0.25, 0.3) is 5.56 Å². The Morgan fingerprint density at radius 3 is 2.27 bits per heavy atom. The van der Waals surface area contributed by atoms with Crippen LogP contribution in [0.5, 0.6) is 11.5 Å². The topological polar surface area (TPSA) is 107 Å². The number of carbonyl (C=O) groups is 1. The highest BCUT2D eigenvalue weighted by molar-refractivity contribution is 7.22. The average molecular weight is 624 g/mol. The van der Waals surface area contributed by atoms with E-state index in [4.69, 9.17) is 24.2 Å². The van der Waals surface area contributed by atoms with E-state index in [-0.39, 0.29) is 34.1 Å². The molecule has 0 amide bonds. The molecule has 0 radical (unpaired) electrons. The third-order valence-corrected chi connectivity index (χ3v) is 8.30. The minimum absolute atomic E-state index is 0.0508. The standard InChI is InChI=1S/C34H33N5O5S/c1-3-43-32(41)28-27-29(37-34(38-21-11-6-12-22-38)39(31(27)40)24-15-9-5-10-16-24)45-30(28)36-33(35-23-13-7-4-8-14-23)44-26-19-17-25(42-2)18-20-26/h4-5,7-10,13-20H,3,6,11-12,21-22H2,1-2H3,(H,35,36). The van der Waals surface area contributed by atoms with E-state index >= 15 is 0 Å². The lowest BCUT2D eigenvalue weighted by Crippen LogP contribution is -2.36. The highest BCUT2D eigenvalue weighted by Gasteiger charge is 2.29. The second-order valence-electron chi connectivity index (χ2n) is 10.3. The lowest BCUT2D eigenvalue weighted by atomic mass is 10.1. The van der Waals surface area contributed by atoms with E-state index in [1.54, 1.807) is 42.9 Å². The van der Waals surface area contributed by atoms with Gasteiger partial charge in [-0.1, -0.05) is 47.7 Å². The zero-order chi connectivity index (χ0) is 31.2. The number of aliphatic imine (C=N–C) groups is 1. The second kappa shape index (κ2) is 13.6. The number of hydrogen-bond donors (Lipinski definition) is 1. The molecule has 230 valence electrons. The number of anilines is 2. The minimum atomic E-state index is -0.657. The summed E-state index contributed by atoms with van der Waals surface area (Å²) in [4.78, 5) is 40.3. The van der Waals surface area contributed by atoms with E-state index in [2.05, 4.69) is 10.2 Å². The molecule has 0 atom stereocenters. The number of amidine groups is 1. The molecule has 1 N–H and O–H groups in total. The number of aromatic nitrogens is 2. The van der Waals surface area contributed by atoms with E-state index in [9.17, 15) is 9.59 Å². The quantitative estimate of drug-likeness (QED) is 0.114. The molecule has 1 aliphatic heterocycles. The summed E-state index contributed by atoms with van der Waals surface area (Å²) in [6.45, 7) is 3.42. The summed E-state index contributed by atoms with van der Waals surface area (Å²) in [5.41, 5.74) is 1.08. The number of carbonyl (C=O) groups excluding carboxylic acids is 1. The number of thiophene rings is 1. The zero-order valence-corrected chi connectivity index (χ0v) is 25.9. The number of ether oxygens (including phenoxy) is 3. The number of methoxy groups -OCH3 is 1. The Kier molecular flexibility index (Phi) is 9.06. The van der Waals surface area contributed by atoms with Crippen molar-refractivity contribution in [1.29, 1.82) is 0 Å². The van der Waals surface area contributed by atoms with Gasteiger partial charge in [0, 0.05) is 18.8 Å². The fourth-order valence-corrected chi connectivity index (χ4v) is 6.20. The van der Waals surface area contributed by atoms with Crippen LogP contribution in [0.3, 0.4) is 0 Å². The summed E-state index contributed by atoms with van der Waals surface area (Å²) >= 11 is 1.15. The Hall–Kier alpha value is -5.16. The number of fused-ring (bicyclic) bond motifs is 1. The van der Waals surface area contributed by atoms with E-state index < -0.39 is 5.97 Å². The molecule has 10 nitrogen and oxygen atoms in total. The molecule has 1 fully saturated rings. The van der Waals surface area contributed by atoms with Gasteiger partial charge in [0.15, 0.2) is 0 Å². The maximum Gasteiger partial charge on any atom is 0.342 e. The lowest BCUT2D eigenvalue weighted by Gasteiger charge is -2.29. The molecule has 11 heteroatoms. The van der Waals surface area contributed by atoms with Crippen LogP contribution in [-0.4, -0.2) is 48.3 Å². The fraction of sp³-hybridized carbons (Fsp3) is 0.235. The molecule has 3 heterocycles. The molecule has 0 bridgehead atoms. The number of nitrogens with one attached hydrogen (secondary N) is 1. The first-order valence-corrected chi connectivity index (χ1v) is 15.7. The molecular formula is C34H33N5O5S. The van der Waals surface area contributed by atoms with E-state index in [1.807, 2.05) is 60.7 Å². The van der Waals surface area contributed by atoms with Crippen LogP contribution in [0.1, 0.15) is 36.5 Å². The summed E-state index contributed by atoms with van der Waals surface area (Å²) < 4.78 is 18.5. The van der Waals surface area contributed by atoms with Crippen molar-refractivity contribution in [2.75, 3.05) is 37.0 Å². The Balaban J connectivity index is 1.55. The number of rotatable bonds is 8. The fourth-order valence-electron chi connectivity index (χ4n) is 5.18. The van der Waals surface area contributed by atoms with Gasteiger partial charge in [-0.2, -0.15) is 4.99 Å². The van der Waals surface area contributed by atoms with Crippen molar-refractivity contribution in [3.05, 3.63) is 101 Å². The monoisotopic (exact) mass is 623 g/mol. The normalized spacial score (nSPS) is 13.5. The second-order valence-corrected chi connectivity index (χ2v) is 11.3. The zero-order valence-electron chi connectivity index (χ0n) is 25.1. The number of piperidine rings is 1. The van der Waals surface area contributed by atoms with Crippen molar-refractivity contribution in [3.63, 3.8) is 0 Å². The van der Waals surface area contributed by atoms with E-state index in [1.165, 1.54) is 0 Å². The smallest absolute Gasteiger partial charge is 0.342 e. The first kappa shape index (κ1) is 29.9. The third-order valence-electron chi connectivity index (χ3n) is 7.32. The maximum atomic E-state index is 14.5. The molecule has 45 heavy (non-hydrogen) atoms. The van der Waals surface area contributed by atoms with Gasteiger partial charge in [0.1, 0.15) is 26.9 Å². The summed E-state index contributed by atoms with van der Waals surface area (Å²) in [6.07, 6.45) is 3.15. The van der Waals surface area contributed by atoms with Crippen LogP contribution < -0.4 is 25.2 Å². The number of benzene rings is 3. The first-order chi connectivity index (χ1) is 22.1. The summed E-state index contributed by atoms with van der Waals surface area (Å²) in [7, 11) is 1.59. The van der Waals surface area contributed by atoms with Gasteiger partial charge < -0.3 is 24.4 Å². The van der Waals surface area contributed by atoms with Crippen molar-refractivity contribution in [1.82, 2.24) is 9.55 Å². The van der Waals surface area contributed by atoms with Gasteiger partial charge in [0.05, 0.1) is 24.8 Å². The first-order valence-electron chi connectivity index (χ1n) is 14.9. The van der Waals surface area contributed by atoms with Crippen LogP contribution in [0.25, 0.3) is 15.9 Å². The number of nitrogens with zero attached hydrogens (tertiary/aromatic N) is 4. The van der Waals surface area contributed by atoms with Crippen LogP contribution in [0.2, 0.25) is 0 Å². The van der Waals surface area contributed by atoms with Crippen molar-refractivity contribution in [2.45, 2.75) is 26.2 Å². The van der Waals surface area contributed by atoms with Crippen molar-refractivity contribution >= 4 is 50.2 Å². The average Bonchev–Trinajstić information content (AvgIpc) is 3.44. The lowest BCUT2D eigenvalue weighted by molar-refractivity contribution is 0.0530. The van der Waals surface area contributed by atoms with Gasteiger partial charge in [0.2, 0.25) is 5.95 Å². The van der Waals surface area contributed by atoms with E-state index in [0.717, 1.165) is 49.4 Å². The predicted molar refractivity (Wildman–Crippen MR) is 178 cm³/mol. The van der Waals surface area contributed by atoms with Crippen molar-refractivity contribution in [2.24, 2.45) is 4.99 Å². The Bertz CT molecular complexity index is 1870. The molecule has 0 unspecified atom stereocenters. The van der Waals surface area contributed by atoms with Gasteiger partial charge in [-0.25, -0.2) is 14.3 Å². The number of para-hydroxylation sites is 2. The molecular weight excluding hydrogens is 590 g/mol. The van der Waals surface area contributed by atoms with Gasteiger partial charge in [-0.3, -0.25) is 4.79 Å². The van der Waals surface area contributed by atoms with Gasteiger partial charge in [-0.05, 0) is 74.7 Å². The Morgan fingerprint density at radius 2 is 1.60 bits per heavy atom. The number of esters is 1. The molecule has 1 aliphatic rings. The molecule has 0 saturated carbocycles. The highest BCUT2D eigenvalue weighted by Crippen LogP contribution is 2.38. The molecule has 0 spiro atoms. The summed E-state index contributed by atoms with van der Waals surface area (Å²) in [6, 6.07) is 25.9. The molecule has 1 saturated heterocycles. The Labute approximate surface area is 264 Å². The largest absolute Gasteiger partial charge is 0.497 e. The third kappa shape index (κ3) is 6.53. The van der Waals surface area contributed by atoms with Crippen LogP contribution in [0.4, 0.5) is 16.6 Å². The Morgan fingerprint density at radius 1 is 0.933 bits per heavy atom. The SMILES string of the molecule is CCOC(=O)c1c(/N=C(/Nc2ccccc2)Oc2ccc(OC)cc2)sc2nc(N3CCCCC3)n(-c3ccccc3)c(=O)c12. The molecule has 2 aromatic heterocycles. The maximum absolute atomic E-state index is 14.5. The minimum Gasteiger partial charge on any atom is -0.497 e. The van der Waals surface area contributed by atoms with Crippen LogP contribution in [0.15, 0.2) is 94.7 Å². The van der Waals surface area contributed by atoms with Gasteiger partial charge in [-0.15, -0.1) is 0 Å². The molecule has 0 aliphatic carbocycles. The predicted octanol–water partition coefficient (Wildman–Crippen LogP) is 6.80. The van der Waals surface area contributed by atoms with Crippen molar-refractivity contribution < 1.29 is 19.0 Å². The summed E-state index contributed by atoms with van der Waals surface area (Å²) in [5.74, 6) is 1.06. The summed E-state index contributed by atoms with van der Waals surface area (Å²) in [5, 5.41) is 3.60. The van der Waals surface area contributed by atoms with E-state index in [0.29, 0.717) is 28.0 Å². The van der Waals surface area contributed by atoms with Gasteiger partial charge >= 0.3 is 12.0 Å². The van der Waals surface area contributed by atoms with Crippen LogP contribution in [-0.2, 0) is 4.74 Å². The molecule has 3 aromatic carbocycles. The molecule has 5 aromatic rings. The molecule has 6 rings (SSSR count).